The third-order valence-electron chi connectivity index (χ3n) is 4.63. The first kappa shape index (κ1) is 16.1. The van der Waals surface area contributed by atoms with Gasteiger partial charge in [0.05, 0.1) is 16.6 Å². The zero-order chi connectivity index (χ0) is 18.1. The summed E-state index contributed by atoms with van der Waals surface area (Å²) in [6.07, 6.45) is 9.03. The second kappa shape index (κ2) is 6.88. The zero-order valence-electron chi connectivity index (χ0n) is 14.6. The van der Waals surface area contributed by atoms with E-state index in [9.17, 15) is 0 Å². The highest BCUT2D eigenvalue weighted by Crippen LogP contribution is 2.29. The molecule has 1 fully saturated rings. The predicted molar refractivity (Wildman–Crippen MR) is 107 cm³/mol. The number of fused-ring (bicyclic) bond motifs is 1. The largest absolute Gasteiger partial charge is 0.345 e. The van der Waals surface area contributed by atoms with Crippen LogP contribution in [0.5, 0.6) is 0 Å². The smallest absolute Gasteiger partial charge is 0.225 e. The highest BCUT2D eigenvalue weighted by atomic mass is 32.1. The molecular formula is C19H17N7S. The second-order valence-corrected chi connectivity index (χ2v) is 7.30. The molecule has 134 valence electrons. The molecule has 0 bridgehead atoms. The van der Waals surface area contributed by atoms with Gasteiger partial charge in [0.25, 0.3) is 0 Å². The van der Waals surface area contributed by atoms with Gasteiger partial charge >= 0.3 is 0 Å². The molecule has 0 aliphatic carbocycles. The van der Waals surface area contributed by atoms with Crippen molar-refractivity contribution in [1.82, 2.24) is 24.9 Å². The lowest BCUT2D eigenvalue weighted by Crippen LogP contribution is -2.47. The molecule has 4 aromatic rings. The van der Waals surface area contributed by atoms with E-state index in [1.807, 2.05) is 42.9 Å². The number of hydrogen-bond donors (Lipinski definition) is 0. The third-order valence-corrected chi connectivity index (χ3v) is 5.73. The fourth-order valence-electron chi connectivity index (χ4n) is 3.19. The molecule has 0 saturated carbocycles. The Morgan fingerprint density at radius 1 is 0.778 bits per heavy atom. The van der Waals surface area contributed by atoms with Crippen molar-refractivity contribution < 1.29 is 0 Å². The molecule has 27 heavy (non-hydrogen) atoms. The zero-order valence-corrected chi connectivity index (χ0v) is 15.4. The molecule has 0 radical (unpaired) electrons. The maximum Gasteiger partial charge on any atom is 0.225 e. The topological polar surface area (TPSA) is 70.9 Å². The van der Waals surface area contributed by atoms with E-state index in [0.29, 0.717) is 0 Å². The van der Waals surface area contributed by atoms with Crippen LogP contribution in [0.25, 0.3) is 21.5 Å². The number of piperazine rings is 1. The van der Waals surface area contributed by atoms with Crippen molar-refractivity contribution in [2.75, 3.05) is 36.0 Å². The Morgan fingerprint density at radius 2 is 1.56 bits per heavy atom. The maximum atomic E-state index is 4.75. The first-order chi connectivity index (χ1) is 13.4. The van der Waals surface area contributed by atoms with Gasteiger partial charge in [-0.25, -0.2) is 15.0 Å². The average Bonchev–Trinajstić information content (AvgIpc) is 3.19. The molecule has 8 heteroatoms. The van der Waals surface area contributed by atoms with Crippen LogP contribution in [0, 0.1) is 0 Å². The van der Waals surface area contributed by atoms with Crippen LogP contribution in [0.15, 0.2) is 55.2 Å². The Kier molecular flexibility index (Phi) is 4.10. The van der Waals surface area contributed by atoms with Gasteiger partial charge in [-0.15, -0.1) is 0 Å². The van der Waals surface area contributed by atoms with Crippen molar-refractivity contribution >= 4 is 32.6 Å². The first-order valence-electron chi connectivity index (χ1n) is 8.81. The summed E-state index contributed by atoms with van der Waals surface area (Å²) in [4.78, 5) is 26.7. The van der Waals surface area contributed by atoms with E-state index < -0.39 is 0 Å². The summed E-state index contributed by atoms with van der Waals surface area (Å²) in [5, 5.41) is 1.06. The van der Waals surface area contributed by atoms with Crippen molar-refractivity contribution in [1.29, 1.82) is 0 Å². The lowest BCUT2D eigenvalue weighted by molar-refractivity contribution is 0.639. The van der Waals surface area contributed by atoms with E-state index in [0.717, 1.165) is 54.0 Å². The Balaban J connectivity index is 1.32. The van der Waals surface area contributed by atoms with Crippen LogP contribution in [0.4, 0.5) is 11.1 Å². The summed E-state index contributed by atoms with van der Waals surface area (Å²) in [5.41, 5.74) is 2.94. The molecule has 0 amide bonds. The maximum absolute atomic E-state index is 4.75. The van der Waals surface area contributed by atoms with Crippen LogP contribution in [0.3, 0.4) is 0 Å². The van der Waals surface area contributed by atoms with Crippen molar-refractivity contribution in [3.8, 4) is 11.3 Å². The summed E-state index contributed by atoms with van der Waals surface area (Å²) in [6.45, 7) is 3.54. The molecule has 1 aliphatic heterocycles. The molecule has 0 aromatic carbocycles. The van der Waals surface area contributed by atoms with Gasteiger partial charge in [-0.2, -0.15) is 0 Å². The second-order valence-electron chi connectivity index (χ2n) is 6.29. The molecule has 4 aromatic heterocycles. The number of pyridine rings is 2. The van der Waals surface area contributed by atoms with Gasteiger partial charge in [-0.1, -0.05) is 11.3 Å². The van der Waals surface area contributed by atoms with Gasteiger partial charge in [0.2, 0.25) is 5.95 Å². The van der Waals surface area contributed by atoms with Crippen LogP contribution < -0.4 is 9.80 Å². The number of anilines is 2. The normalized spacial score (nSPS) is 14.7. The van der Waals surface area contributed by atoms with Gasteiger partial charge in [0, 0.05) is 56.5 Å². The number of nitrogens with zero attached hydrogens (tertiary/aromatic N) is 7. The van der Waals surface area contributed by atoms with E-state index in [1.54, 1.807) is 23.7 Å². The van der Waals surface area contributed by atoms with Gasteiger partial charge in [-0.05, 0) is 24.3 Å². The van der Waals surface area contributed by atoms with E-state index in [-0.39, 0.29) is 0 Å². The average molecular weight is 375 g/mol. The SMILES string of the molecule is c1cc(-c2ccnc(N3CCN(c4nc5cnccc5s4)CC3)n2)ccn1. The molecule has 0 atom stereocenters. The molecule has 0 unspecified atom stereocenters. The Labute approximate surface area is 160 Å². The summed E-state index contributed by atoms with van der Waals surface area (Å²) < 4.78 is 1.18. The van der Waals surface area contributed by atoms with Crippen molar-refractivity contribution in [2.24, 2.45) is 0 Å². The fraction of sp³-hybridized carbons (Fsp3) is 0.211. The summed E-state index contributed by atoms with van der Waals surface area (Å²) in [5.74, 6) is 0.775. The summed E-state index contributed by atoms with van der Waals surface area (Å²) in [6, 6.07) is 7.88. The van der Waals surface area contributed by atoms with E-state index in [1.165, 1.54) is 4.70 Å². The number of rotatable bonds is 3. The van der Waals surface area contributed by atoms with Crippen molar-refractivity contribution in [3.63, 3.8) is 0 Å². The van der Waals surface area contributed by atoms with E-state index >= 15 is 0 Å². The predicted octanol–water partition coefficient (Wildman–Crippen LogP) is 2.87. The minimum atomic E-state index is 0.775. The number of aromatic nitrogens is 5. The number of hydrogen-bond acceptors (Lipinski definition) is 8. The van der Waals surface area contributed by atoms with E-state index in [2.05, 4.69) is 24.8 Å². The van der Waals surface area contributed by atoms with Crippen LogP contribution in [-0.4, -0.2) is 51.1 Å². The molecule has 5 heterocycles. The van der Waals surface area contributed by atoms with Crippen molar-refractivity contribution in [2.45, 2.75) is 0 Å². The first-order valence-corrected chi connectivity index (χ1v) is 9.62. The lowest BCUT2D eigenvalue weighted by atomic mass is 10.2. The monoisotopic (exact) mass is 375 g/mol. The standard InChI is InChI=1S/C19H17N7S/c1-5-20-6-2-14(1)15-3-8-22-18(23-15)25-9-11-26(12-10-25)19-24-16-13-21-7-4-17(16)27-19/h1-8,13H,9-12H2. The minimum Gasteiger partial charge on any atom is -0.345 e. The highest BCUT2D eigenvalue weighted by Gasteiger charge is 2.21. The minimum absolute atomic E-state index is 0.775. The van der Waals surface area contributed by atoms with Crippen LogP contribution in [0.1, 0.15) is 0 Å². The number of thiazole rings is 1. The van der Waals surface area contributed by atoms with Crippen LogP contribution in [0.2, 0.25) is 0 Å². The molecule has 0 N–H and O–H groups in total. The molecule has 1 saturated heterocycles. The van der Waals surface area contributed by atoms with Gasteiger partial charge < -0.3 is 9.80 Å². The molecule has 7 nitrogen and oxygen atoms in total. The lowest BCUT2D eigenvalue weighted by Gasteiger charge is -2.34. The Morgan fingerprint density at radius 3 is 2.37 bits per heavy atom. The molecule has 0 spiro atoms. The third kappa shape index (κ3) is 3.19. The van der Waals surface area contributed by atoms with Gasteiger partial charge in [0.15, 0.2) is 5.13 Å². The van der Waals surface area contributed by atoms with Crippen molar-refractivity contribution in [3.05, 3.63) is 55.2 Å². The molecular weight excluding hydrogens is 358 g/mol. The summed E-state index contributed by atoms with van der Waals surface area (Å²) in [7, 11) is 0. The Bertz CT molecular complexity index is 1020. The molecule has 5 rings (SSSR count). The highest BCUT2D eigenvalue weighted by molar-refractivity contribution is 7.22. The van der Waals surface area contributed by atoms with Crippen LogP contribution in [-0.2, 0) is 0 Å². The summed E-state index contributed by atoms with van der Waals surface area (Å²) >= 11 is 1.72. The van der Waals surface area contributed by atoms with Gasteiger partial charge in [-0.3, -0.25) is 9.97 Å². The van der Waals surface area contributed by atoms with Crippen LogP contribution >= 0.6 is 11.3 Å². The molecule has 1 aliphatic rings. The fourth-order valence-corrected chi connectivity index (χ4v) is 4.17. The quantitative estimate of drug-likeness (QED) is 0.545. The Hall–Kier alpha value is -3.13. The van der Waals surface area contributed by atoms with Gasteiger partial charge in [0.1, 0.15) is 5.52 Å². The van der Waals surface area contributed by atoms with E-state index in [4.69, 9.17) is 9.97 Å².